The monoisotopic (exact) mass is 228 g/mol. The average Bonchev–Trinajstić information content (AvgIpc) is 2.22. The molecule has 3 nitrogen and oxygen atoms in total. The molecule has 0 aliphatic carbocycles. The number of nitrogens with two attached hydrogens (primary N) is 1. The molecule has 4 atom stereocenters. The fourth-order valence-electron chi connectivity index (χ4n) is 2.93. The molecule has 1 fully saturated rings. The van der Waals surface area contributed by atoms with Crippen molar-refractivity contribution in [3.63, 3.8) is 0 Å². The third kappa shape index (κ3) is 3.44. The van der Waals surface area contributed by atoms with E-state index in [0.717, 1.165) is 25.3 Å². The average molecular weight is 228 g/mol. The van der Waals surface area contributed by atoms with Gasteiger partial charge in [-0.3, -0.25) is 4.90 Å². The van der Waals surface area contributed by atoms with Crippen molar-refractivity contribution in [2.24, 2.45) is 11.7 Å². The molecule has 0 aromatic rings. The Balaban J connectivity index is 2.57. The molecule has 0 amide bonds. The third-order valence-corrected chi connectivity index (χ3v) is 3.92. The van der Waals surface area contributed by atoms with Crippen molar-refractivity contribution in [1.82, 2.24) is 4.90 Å². The maximum atomic E-state index is 9.54. The van der Waals surface area contributed by atoms with Gasteiger partial charge in [0.2, 0.25) is 0 Å². The number of likely N-dealkylation sites (tertiary alicyclic amines) is 1. The van der Waals surface area contributed by atoms with Gasteiger partial charge in [-0.2, -0.15) is 0 Å². The summed E-state index contributed by atoms with van der Waals surface area (Å²) in [5, 5.41) is 9.54. The summed E-state index contributed by atoms with van der Waals surface area (Å²) in [6.07, 6.45) is 4.56. The SMILES string of the molecule is CCCC(N)C(CO)N1CCC(C)CC1C. The molecule has 1 saturated heterocycles. The molecule has 0 radical (unpaired) electrons. The van der Waals surface area contributed by atoms with E-state index in [-0.39, 0.29) is 18.7 Å². The molecular weight excluding hydrogens is 200 g/mol. The molecule has 0 spiro atoms. The van der Waals surface area contributed by atoms with Crippen LogP contribution in [0.4, 0.5) is 0 Å². The van der Waals surface area contributed by atoms with Crippen molar-refractivity contribution in [3.05, 3.63) is 0 Å². The zero-order valence-electron chi connectivity index (χ0n) is 11.0. The normalized spacial score (nSPS) is 31.3. The van der Waals surface area contributed by atoms with Crippen LogP contribution in [0.25, 0.3) is 0 Å². The van der Waals surface area contributed by atoms with E-state index < -0.39 is 0 Å². The molecule has 16 heavy (non-hydrogen) atoms. The van der Waals surface area contributed by atoms with Crippen molar-refractivity contribution in [2.75, 3.05) is 13.2 Å². The van der Waals surface area contributed by atoms with Gasteiger partial charge in [0, 0.05) is 18.1 Å². The third-order valence-electron chi connectivity index (χ3n) is 3.92. The predicted molar refractivity (Wildman–Crippen MR) is 68.3 cm³/mol. The Labute approximate surface area is 100 Å². The summed E-state index contributed by atoms with van der Waals surface area (Å²) in [6.45, 7) is 8.01. The molecule has 3 heteroatoms. The van der Waals surface area contributed by atoms with E-state index in [1.54, 1.807) is 0 Å². The van der Waals surface area contributed by atoms with Crippen LogP contribution in [0.3, 0.4) is 0 Å². The van der Waals surface area contributed by atoms with Crippen molar-refractivity contribution in [1.29, 1.82) is 0 Å². The molecule has 1 heterocycles. The molecule has 1 rings (SSSR count). The van der Waals surface area contributed by atoms with Crippen molar-refractivity contribution >= 4 is 0 Å². The lowest BCUT2D eigenvalue weighted by Gasteiger charge is -2.43. The van der Waals surface area contributed by atoms with Gasteiger partial charge in [0.1, 0.15) is 0 Å². The molecule has 3 N–H and O–H groups in total. The maximum absolute atomic E-state index is 9.54. The minimum atomic E-state index is 0.117. The van der Waals surface area contributed by atoms with Crippen molar-refractivity contribution in [3.8, 4) is 0 Å². The van der Waals surface area contributed by atoms with Gasteiger partial charge in [0.05, 0.1) is 6.61 Å². The first-order valence-corrected chi connectivity index (χ1v) is 6.72. The second-order valence-electron chi connectivity index (χ2n) is 5.42. The largest absolute Gasteiger partial charge is 0.395 e. The second-order valence-corrected chi connectivity index (χ2v) is 5.42. The highest BCUT2D eigenvalue weighted by Crippen LogP contribution is 2.25. The molecular formula is C13H28N2O. The van der Waals surface area contributed by atoms with E-state index in [1.807, 2.05) is 0 Å². The lowest BCUT2D eigenvalue weighted by Crippen LogP contribution is -2.55. The van der Waals surface area contributed by atoms with E-state index in [2.05, 4.69) is 25.7 Å². The van der Waals surface area contributed by atoms with Gasteiger partial charge in [-0.05, 0) is 38.6 Å². The van der Waals surface area contributed by atoms with Crippen LogP contribution in [0.1, 0.15) is 46.5 Å². The summed E-state index contributed by atoms with van der Waals surface area (Å²) in [7, 11) is 0. The van der Waals surface area contributed by atoms with E-state index >= 15 is 0 Å². The van der Waals surface area contributed by atoms with E-state index in [4.69, 9.17) is 5.73 Å². The molecule has 0 aromatic heterocycles. The standard InChI is InChI=1S/C13H28N2O/c1-4-5-12(14)13(9-16)15-7-6-10(2)8-11(15)3/h10-13,16H,4-9,14H2,1-3H3. The van der Waals surface area contributed by atoms with Crippen LogP contribution in [-0.2, 0) is 0 Å². The number of hydrogen-bond donors (Lipinski definition) is 2. The van der Waals surface area contributed by atoms with Gasteiger partial charge >= 0.3 is 0 Å². The molecule has 1 aliphatic heterocycles. The molecule has 1 aliphatic rings. The van der Waals surface area contributed by atoms with Crippen molar-refractivity contribution < 1.29 is 5.11 Å². The number of piperidine rings is 1. The fraction of sp³-hybridized carbons (Fsp3) is 1.00. The molecule has 0 bridgehead atoms. The zero-order chi connectivity index (χ0) is 12.1. The minimum Gasteiger partial charge on any atom is -0.395 e. The van der Waals surface area contributed by atoms with Crippen LogP contribution in [0.5, 0.6) is 0 Å². The molecule has 0 saturated carbocycles. The van der Waals surface area contributed by atoms with E-state index in [0.29, 0.717) is 6.04 Å². The fourth-order valence-corrected chi connectivity index (χ4v) is 2.93. The van der Waals surface area contributed by atoms with Gasteiger partial charge in [0.15, 0.2) is 0 Å². The van der Waals surface area contributed by atoms with E-state index in [1.165, 1.54) is 12.8 Å². The summed E-state index contributed by atoms with van der Waals surface area (Å²) < 4.78 is 0. The Morgan fingerprint density at radius 3 is 2.62 bits per heavy atom. The first-order chi connectivity index (χ1) is 7.60. The smallest absolute Gasteiger partial charge is 0.0602 e. The molecule has 96 valence electrons. The number of aliphatic hydroxyl groups excluding tert-OH is 1. The summed E-state index contributed by atoms with van der Waals surface area (Å²) in [4.78, 5) is 2.42. The van der Waals surface area contributed by atoms with Crippen LogP contribution in [-0.4, -0.2) is 41.3 Å². The second kappa shape index (κ2) is 6.58. The number of nitrogens with zero attached hydrogens (tertiary/aromatic N) is 1. The maximum Gasteiger partial charge on any atom is 0.0602 e. The Morgan fingerprint density at radius 1 is 1.44 bits per heavy atom. The summed E-state index contributed by atoms with van der Waals surface area (Å²) >= 11 is 0. The number of aliphatic hydroxyl groups is 1. The zero-order valence-corrected chi connectivity index (χ0v) is 11.0. The minimum absolute atomic E-state index is 0.117. The van der Waals surface area contributed by atoms with Crippen LogP contribution < -0.4 is 5.73 Å². The molecule has 0 aromatic carbocycles. The topological polar surface area (TPSA) is 49.5 Å². The lowest BCUT2D eigenvalue weighted by atomic mass is 9.90. The van der Waals surface area contributed by atoms with Gasteiger partial charge in [-0.1, -0.05) is 20.3 Å². The van der Waals surface area contributed by atoms with Gasteiger partial charge in [-0.25, -0.2) is 0 Å². The molecule has 4 unspecified atom stereocenters. The first kappa shape index (κ1) is 13.9. The number of hydrogen-bond acceptors (Lipinski definition) is 3. The van der Waals surface area contributed by atoms with Gasteiger partial charge in [-0.15, -0.1) is 0 Å². The van der Waals surface area contributed by atoms with E-state index in [9.17, 15) is 5.11 Å². The van der Waals surface area contributed by atoms with Gasteiger partial charge < -0.3 is 10.8 Å². The highest BCUT2D eigenvalue weighted by molar-refractivity contribution is 4.88. The van der Waals surface area contributed by atoms with Crippen molar-refractivity contribution in [2.45, 2.75) is 64.6 Å². The Kier molecular flexibility index (Phi) is 5.73. The highest BCUT2D eigenvalue weighted by Gasteiger charge is 2.31. The quantitative estimate of drug-likeness (QED) is 0.751. The Morgan fingerprint density at radius 2 is 2.12 bits per heavy atom. The first-order valence-electron chi connectivity index (χ1n) is 6.72. The van der Waals surface area contributed by atoms with Crippen LogP contribution in [0.15, 0.2) is 0 Å². The highest BCUT2D eigenvalue weighted by atomic mass is 16.3. The lowest BCUT2D eigenvalue weighted by molar-refractivity contribution is 0.0347. The van der Waals surface area contributed by atoms with Crippen LogP contribution in [0, 0.1) is 5.92 Å². The summed E-state index contributed by atoms with van der Waals surface area (Å²) in [5.74, 6) is 0.813. The van der Waals surface area contributed by atoms with Crippen LogP contribution in [0.2, 0.25) is 0 Å². The number of rotatable bonds is 5. The van der Waals surface area contributed by atoms with Crippen LogP contribution >= 0.6 is 0 Å². The summed E-state index contributed by atoms with van der Waals surface area (Å²) in [5.41, 5.74) is 6.17. The predicted octanol–water partition coefficient (Wildman–Crippen LogP) is 1.60. The summed E-state index contributed by atoms with van der Waals surface area (Å²) in [6, 6.07) is 0.831. The van der Waals surface area contributed by atoms with Gasteiger partial charge in [0.25, 0.3) is 0 Å². The Hall–Kier alpha value is -0.120. The Bertz CT molecular complexity index is 194.